The molecule has 7 nitrogen and oxygen atoms in total. The standard InChI is InChI=1S/C15H16F3N7.C4H8.CH3F/c16-2-1-3-25(22)15(24-21)10-4-9(7-23-14(10)20)8-5-11(17)13(19)12(18)6-8;1-3-4-2;1-2/h1-2,4-7H,3,19,21-22H2,(H2,20,23);3H,1,4H2,2H3;1H3/b2-1+,24-15-;;. The number of hydrogen-bond acceptors (Lipinski definition) is 6. The van der Waals surface area contributed by atoms with E-state index in [9.17, 15) is 17.6 Å². The van der Waals surface area contributed by atoms with Gasteiger partial charge in [-0.05, 0) is 36.3 Å². The van der Waals surface area contributed by atoms with Gasteiger partial charge in [-0.1, -0.05) is 13.0 Å². The number of hydrogen-bond donors (Lipinski definition) is 4. The summed E-state index contributed by atoms with van der Waals surface area (Å²) in [7, 11) is 0.500. The normalized spacial score (nSPS) is 10.6. The number of aromatic nitrogens is 1. The lowest BCUT2D eigenvalue weighted by Gasteiger charge is -2.19. The molecule has 0 bridgehead atoms. The van der Waals surface area contributed by atoms with Crippen molar-refractivity contribution in [2.75, 3.05) is 25.2 Å². The third-order valence-electron chi connectivity index (χ3n) is 3.65. The van der Waals surface area contributed by atoms with Crippen molar-refractivity contribution in [1.29, 1.82) is 0 Å². The minimum absolute atomic E-state index is 0.0151. The fourth-order valence-corrected chi connectivity index (χ4v) is 2.10. The topological polar surface area (TPSA) is 133 Å². The van der Waals surface area contributed by atoms with Crippen molar-refractivity contribution in [2.24, 2.45) is 16.8 Å². The number of nitrogen functional groups attached to an aromatic ring is 2. The predicted octanol–water partition coefficient (Wildman–Crippen LogP) is 3.64. The van der Waals surface area contributed by atoms with Gasteiger partial charge in [0.25, 0.3) is 0 Å². The number of hydrazone groups is 1. The van der Waals surface area contributed by atoms with Crippen molar-refractivity contribution >= 4 is 17.3 Å². The van der Waals surface area contributed by atoms with E-state index in [-0.39, 0.29) is 29.3 Å². The van der Waals surface area contributed by atoms with Gasteiger partial charge in [-0.15, -0.1) is 6.58 Å². The van der Waals surface area contributed by atoms with Crippen LogP contribution in [0.5, 0.6) is 0 Å². The summed E-state index contributed by atoms with van der Waals surface area (Å²) >= 11 is 0. The highest BCUT2D eigenvalue weighted by Gasteiger charge is 2.16. The molecule has 0 spiro atoms. The summed E-state index contributed by atoms with van der Waals surface area (Å²) in [5.74, 6) is 9.32. The molecular formula is C20H27F4N7. The van der Waals surface area contributed by atoms with Crippen LogP contribution in [0, 0.1) is 11.6 Å². The number of pyridine rings is 1. The van der Waals surface area contributed by atoms with Gasteiger partial charge >= 0.3 is 0 Å². The number of anilines is 2. The van der Waals surface area contributed by atoms with Crippen LogP contribution in [0.15, 0.2) is 54.6 Å². The second-order valence-corrected chi connectivity index (χ2v) is 5.67. The molecule has 1 heterocycles. The molecule has 0 atom stereocenters. The highest BCUT2D eigenvalue weighted by Crippen LogP contribution is 2.27. The van der Waals surface area contributed by atoms with Crippen molar-refractivity contribution < 1.29 is 17.6 Å². The molecule has 0 saturated heterocycles. The molecule has 2 aromatic rings. The predicted molar refractivity (Wildman–Crippen MR) is 118 cm³/mol. The molecule has 0 fully saturated rings. The number of rotatable bonds is 5. The number of amidine groups is 1. The molecule has 0 aliphatic carbocycles. The molecule has 170 valence electrons. The van der Waals surface area contributed by atoms with Gasteiger partial charge in [-0.3, -0.25) is 9.40 Å². The number of halogens is 4. The molecule has 8 N–H and O–H groups in total. The minimum Gasteiger partial charge on any atom is -0.394 e. The summed E-state index contributed by atoms with van der Waals surface area (Å²) in [5.41, 5.74) is 11.2. The summed E-state index contributed by atoms with van der Waals surface area (Å²) in [6, 6.07) is 3.57. The maximum Gasteiger partial charge on any atom is 0.173 e. The van der Waals surface area contributed by atoms with E-state index in [1.165, 1.54) is 12.3 Å². The van der Waals surface area contributed by atoms with Crippen molar-refractivity contribution in [3.8, 4) is 11.1 Å². The average Bonchev–Trinajstić information content (AvgIpc) is 2.78. The quantitative estimate of drug-likeness (QED) is 0.107. The molecule has 0 radical (unpaired) electrons. The Morgan fingerprint density at radius 1 is 1.16 bits per heavy atom. The van der Waals surface area contributed by atoms with Crippen LogP contribution < -0.4 is 23.2 Å². The van der Waals surface area contributed by atoms with E-state index in [4.69, 9.17) is 23.2 Å². The zero-order valence-corrected chi connectivity index (χ0v) is 17.3. The molecule has 0 aliphatic rings. The maximum atomic E-state index is 13.7. The number of allylic oxidation sites excluding steroid dienone is 1. The zero-order valence-electron chi connectivity index (χ0n) is 17.3. The van der Waals surface area contributed by atoms with E-state index < -0.39 is 17.3 Å². The monoisotopic (exact) mass is 441 g/mol. The molecule has 2 rings (SSSR count). The molecule has 0 saturated carbocycles. The van der Waals surface area contributed by atoms with Crippen LogP contribution >= 0.6 is 0 Å². The summed E-state index contributed by atoms with van der Waals surface area (Å²) < 4.78 is 49.0. The van der Waals surface area contributed by atoms with Crippen LogP contribution in [-0.4, -0.2) is 29.6 Å². The smallest absolute Gasteiger partial charge is 0.173 e. The van der Waals surface area contributed by atoms with Crippen LogP contribution in [0.2, 0.25) is 0 Å². The van der Waals surface area contributed by atoms with E-state index in [1.807, 2.05) is 6.08 Å². The SMILES string of the molecule is C=CCC.CF.N/N=C(/c1cc(-c2cc(F)c(N)c(F)c2)cnc1N)N(N)C/C=C/F. The molecule has 0 aliphatic heterocycles. The van der Waals surface area contributed by atoms with Crippen molar-refractivity contribution in [2.45, 2.75) is 13.3 Å². The Labute approximate surface area is 178 Å². The zero-order chi connectivity index (χ0) is 24.0. The third kappa shape index (κ3) is 7.97. The first kappa shape index (κ1) is 27.4. The first-order valence-electron chi connectivity index (χ1n) is 8.85. The number of hydrazine groups is 1. The summed E-state index contributed by atoms with van der Waals surface area (Å²) in [6.07, 6.45) is 5.72. The van der Waals surface area contributed by atoms with Gasteiger partial charge in [0.15, 0.2) is 5.84 Å². The maximum absolute atomic E-state index is 13.7. The van der Waals surface area contributed by atoms with Gasteiger partial charge in [0.05, 0.1) is 25.6 Å². The molecule has 31 heavy (non-hydrogen) atoms. The van der Waals surface area contributed by atoms with E-state index in [2.05, 4.69) is 23.6 Å². The third-order valence-corrected chi connectivity index (χ3v) is 3.65. The summed E-state index contributed by atoms with van der Waals surface area (Å²) in [4.78, 5) is 3.96. The first-order chi connectivity index (χ1) is 14.8. The lowest BCUT2D eigenvalue weighted by molar-refractivity contribution is 0.484. The number of nitrogens with two attached hydrogens (primary N) is 4. The second-order valence-electron chi connectivity index (χ2n) is 5.67. The summed E-state index contributed by atoms with van der Waals surface area (Å²) in [5, 5.41) is 4.57. The second kappa shape index (κ2) is 14.4. The van der Waals surface area contributed by atoms with E-state index in [0.717, 1.165) is 29.6 Å². The van der Waals surface area contributed by atoms with Gasteiger partial charge in [-0.2, -0.15) is 5.10 Å². The van der Waals surface area contributed by atoms with Gasteiger partial charge in [0, 0.05) is 11.8 Å². The van der Waals surface area contributed by atoms with Crippen LogP contribution in [0.4, 0.5) is 29.1 Å². The first-order valence-corrected chi connectivity index (χ1v) is 8.85. The van der Waals surface area contributed by atoms with Gasteiger partial charge in [0.1, 0.15) is 23.1 Å². The Bertz CT molecular complexity index is 878. The lowest BCUT2D eigenvalue weighted by atomic mass is 10.0. The van der Waals surface area contributed by atoms with E-state index in [0.29, 0.717) is 19.1 Å². The summed E-state index contributed by atoms with van der Waals surface area (Å²) in [6.45, 7) is 5.50. The Kier molecular flexibility index (Phi) is 12.7. The Morgan fingerprint density at radius 2 is 1.71 bits per heavy atom. The molecule has 0 unspecified atom stereocenters. The van der Waals surface area contributed by atoms with Crippen molar-refractivity contribution in [3.05, 3.63) is 66.7 Å². The Morgan fingerprint density at radius 3 is 2.16 bits per heavy atom. The Balaban J connectivity index is 0.00000134. The highest BCUT2D eigenvalue weighted by molar-refractivity contribution is 6.03. The number of benzene rings is 1. The van der Waals surface area contributed by atoms with Crippen LogP contribution in [0.1, 0.15) is 18.9 Å². The van der Waals surface area contributed by atoms with Gasteiger partial charge in [0.2, 0.25) is 0 Å². The fourth-order valence-electron chi connectivity index (χ4n) is 2.10. The fraction of sp³-hybridized carbons (Fsp3) is 0.200. The molecule has 1 aromatic heterocycles. The van der Waals surface area contributed by atoms with Crippen molar-refractivity contribution in [1.82, 2.24) is 9.99 Å². The van der Waals surface area contributed by atoms with E-state index in [1.54, 1.807) is 0 Å². The molecule has 11 heteroatoms. The highest BCUT2D eigenvalue weighted by atomic mass is 19.1. The lowest BCUT2D eigenvalue weighted by Crippen LogP contribution is -2.39. The van der Waals surface area contributed by atoms with Crippen molar-refractivity contribution in [3.63, 3.8) is 0 Å². The Hall–Kier alpha value is -3.60. The molecule has 0 amide bonds. The average molecular weight is 441 g/mol. The van der Waals surface area contributed by atoms with Crippen LogP contribution in [0.3, 0.4) is 0 Å². The van der Waals surface area contributed by atoms with Crippen LogP contribution in [-0.2, 0) is 0 Å². The molecule has 1 aromatic carbocycles. The largest absolute Gasteiger partial charge is 0.394 e. The van der Waals surface area contributed by atoms with E-state index >= 15 is 0 Å². The number of alkyl halides is 1. The molecular weight excluding hydrogens is 414 g/mol. The number of nitrogens with zero attached hydrogens (tertiary/aromatic N) is 3. The van der Waals surface area contributed by atoms with Gasteiger partial charge in [-0.25, -0.2) is 24.0 Å². The van der Waals surface area contributed by atoms with Crippen LogP contribution in [0.25, 0.3) is 11.1 Å². The minimum atomic E-state index is -0.908. The van der Waals surface area contributed by atoms with Gasteiger partial charge < -0.3 is 17.3 Å².